The Hall–Kier alpha value is -2.78. The van der Waals surface area contributed by atoms with Crippen molar-refractivity contribution >= 4 is 27.5 Å². The lowest BCUT2D eigenvalue weighted by Crippen LogP contribution is -2.70. The number of carbonyl (C=O) groups excluding carboxylic acids is 2. The van der Waals surface area contributed by atoms with Crippen LogP contribution in [0.4, 0.5) is 10.1 Å². The lowest BCUT2D eigenvalue weighted by atomic mass is 9.93. The number of hydrogen-bond acceptors (Lipinski definition) is 4. The van der Waals surface area contributed by atoms with Gasteiger partial charge in [-0.15, -0.1) is 0 Å². The molecule has 0 aromatic heterocycles. The van der Waals surface area contributed by atoms with E-state index in [1.54, 1.807) is 19.1 Å². The number of carbonyl (C=O) groups is 2. The highest BCUT2D eigenvalue weighted by molar-refractivity contribution is 7.89. The second-order valence-corrected chi connectivity index (χ2v) is 10.5. The number of piperazine rings is 1. The first-order valence-corrected chi connectivity index (χ1v) is 12.0. The number of anilines is 1. The predicted molar refractivity (Wildman–Crippen MR) is 121 cm³/mol. The average Bonchev–Trinajstić information content (AvgIpc) is 2.75. The van der Waals surface area contributed by atoms with Gasteiger partial charge in [-0.2, -0.15) is 4.31 Å². The van der Waals surface area contributed by atoms with E-state index >= 15 is 0 Å². The smallest absolute Gasteiger partial charge is 0.247 e. The maximum Gasteiger partial charge on any atom is 0.247 e. The van der Waals surface area contributed by atoms with Crippen molar-refractivity contribution in [3.63, 3.8) is 0 Å². The Morgan fingerprint density at radius 3 is 2.44 bits per heavy atom. The van der Waals surface area contributed by atoms with Crippen LogP contribution >= 0.6 is 0 Å². The Kier molecular flexibility index (Phi) is 6.71. The summed E-state index contributed by atoms with van der Waals surface area (Å²) in [6.45, 7) is 6.42. The molecule has 1 fully saturated rings. The van der Waals surface area contributed by atoms with E-state index in [2.05, 4.69) is 5.32 Å². The number of benzene rings is 2. The fourth-order valence-electron chi connectivity index (χ4n) is 3.85. The maximum atomic E-state index is 13.4. The molecule has 2 aromatic carbocycles. The zero-order valence-electron chi connectivity index (χ0n) is 18.7. The summed E-state index contributed by atoms with van der Waals surface area (Å²) in [6.07, 6.45) is 0. The van der Waals surface area contributed by atoms with E-state index in [9.17, 15) is 22.4 Å². The minimum absolute atomic E-state index is 0.115. The second kappa shape index (κ2) is 8.99. The summed E-state index contributed by atoms with van der Waals surface area (Å²) in [7, 11) is -3.69. The number of rotatable bonds is 6. The Labute approximate surface area is 188 Å². The number of aryl methyl sites for hydroxylation is 2. The van der Waals surface area contributed by atoms with Crippen LogP contribution in [-0.4, -0.2) is 48.9 Å². The van der Waals surface area contributed by atoms with E-state index in [-0.39, 0.29) is 31.2 Å². The molecule has 32 heavy (non-hydrogen) atoms. The molecule has 0 spiro atoms. The molecule has 1 N–H and O–H groups in total. The van der Waals surface area contributed by atoms with E-state index in [4.69, 9.17) is 0 Å². The molecule has 1 atom stereocenters. The third-order valence-electron chi connectivity index (χ3n) is 5.76. The molecule has 2 amide bonds. The van der Waals surface area contributed by atoms with Crippen LogP contribution in [0.15, 0.2) is 42.5 Å². The zero-order valence-corrected chi connectivity index (χ0v) is 19.5. The van der Waals surface area contributed by atoms with Crippen LogP contribution in [0.3, 0.4) is 0 Å². The number of sulfonamides is 1. The van der Waals surface area contributed by atoms with Crippen LogP contribution < -0.4 is 10.2 Å². The van der Waals surface area contributed by atoms with Gasteiger partial charge in [0.1, 0.15) is 11.4 Å². The number of halogens is 1. The molecule has 0 aliphatic carbocycles. The van der Waals surface area contributed by atoms with Gasteiger partial charge in [0.15, 0.2) is 0 Å². The molecule has 0 saturated carbocycles. The minimum atomic E-state index is -3.69. The average molecular weight is 462 g/mol. The van der Waals surface area contributed by atoms with Gasteiger partial charge in [-0.3, -0.25) is 14.5 Å². The van der Waals surface area contributed by atoms with Gasteiger partial charge in [-0.25, -0.2) is 12.8 Å². The van der Waals surface area contributed by atoms with Crippen LogP contribution in [-0.2, 0) is 26.2 Å². The number of hydrogen-bond donors (Lipinski definition) is 1. The normalized spacial score (nSPS) is 19.8. The van der Waals surface area contributed by atoms with Gasteiger partial charge in [0, 0.05) is 18.8 Å². The van der Waals surface area contributed by atoms with Gasteiger partial charge in [-0.05, 0) is 62.6 Å². The molecule has 9 heteroatoms. The molecule has 7 nitrogen and oxygen atoms in total. The highest BCUT2D eigenvalue weighted by atomic mass is 32.2. The third-order valence-corrected chi connectivity index (χ3v) is 7.53. The first kappa shape index (κ1) is 23.9. The Morgan fingerprint density at radius 2 is 1.81 bits per heavy atom. The molecule has 1 aliphatic rings. The monoisotopic (exact) mass is 461 g/mol. The molecule has 2 aromatic rings. The highest BCUT2D eigenvalue weighted by Gasteiger charge is 2.50. The summed E-state index contributed by atoms with van der Waals surface area (Å²) >= 11 is 0. The number of amides is 2. The maximum absolute atomic E-state index is 13.4. The van der Waals surface area contributed by atoms with Crippen molar-refractivity contribution in [3.8, 4) is 0 Å². The van der Waals surface area contributed by atoms with Gasteiger partial charge in [0.25, 0.3) is 0 Å². The topological polar surface area (TPSA) is 86.8 Å². The Bertz CT molecular complexity index is 1130. The largest absolute Gasteiger partial charge is 0.350 e. The van der Waals surface area contributed by atoms with Crippen molar-refractivity contribution in [1.82, 2.24) is 9.62 Å². The van der Waals surface area contributed by atoms with Gasteiger partial charge in [0.05, 0.1) is 12.3 Å². The molecule has 1 heterocycles. The fourth-order valence-corrected chi connectivity index (χ4v) is 4.98. The SMILES string of the molecule is CCS(=O)(=O)N1CC(=O)N(c2cc(C)ccc2C)C(C)(C(=O)NCc2ccc(F)cc2)C1. The summed E-state index contributed by atoms with van der Waals surface area (Å²) in [4.78, 5) is 28.1. The third kappa shape index (κ3) is 4.68. The summed E-state index contributed by atoms with van der Waals surface area (Å²) < 4.78 is 39.4. The summed E-state index contributed by atoms with van der Waals surface area (Å²) in [5.41, 5.74) is 1.49. The first-order valence-electron chi connectivity index (χ1n) is 10.4. The van der Waals surface area contributed by atoms with Crippen molar-refractivity contribution in [2.45, 2.75) is 39.8 Å². The summed E-state index contributed by atoms with van der Waals surface area (Å²) in [5, 5.41) is 2.80. The molecule has 3 rings (SSSR count). The van der Waals surface area contributed by atoms with Crippen LogP contribution in [0.25, 0.3) is 0 Å². The number of nitrogens with zero attached hydrogens (tertiary/aromatic N) is 2. The van der Waals surface area contributed by atoms with E-state index in [1.807, 2.05) is 32.0 Å². The fraction of sp³-hybridized carbons (Fsp3) is 0.391. The quantitative estimate of drug-likeness (QED) is 0.716. The highest BCUT2D eigenvalue weighted by Crippen LogP contribution is 2.33. The van der Waals surface area contributed by atoms with E-state index in [1.165, 1.54) is 24.0 Å². The Morgan fingerprint density at radius 1 is 1.16 bits per heavy atom. The van der Waals surface area contributed by atoms with Gasteiger partial charge < -0.3 is 5.32 Å². The Balaban J connectivity index is 2.00. The van der Waals surface area contributed by atoms with E-state index in [0.717, 1.165) is 15.4 Å². The van der Waals surface area contributed by atoms with Gasteiger partial charge in [-0.1, -0.05) is 24.3 Å². The second-order valence-electron chi connectivity index (χ2n) is 8.27. The molecule has 1 aliphatic heterocycles. The van der Waals surface area contributed by atoms with Crippen molar-refractivity contribution in [3.05, 3.63) is 65.0 Å². The van der Waals surface area contributed by atoms with E-state index in [0.29, 0.717) is 11.3 Å². The molecular formula is C23H28FN3O4S. The summed E-state index contributed by atoms with van der Waals surface area (Å²) in [5.74, 6) is -1.52. The van der Waals surface area contributed by atoms with Gasteiger partial charge in [0.2, 0.25) is 21.8 Å². The first-order chi connectivity index (χ1) is 15.0. The molecule has 172 valence electrons. The van der Waals surface area contributed by atoms with Crippen molar-refractivity contribution in [2.75, 3.05) is 23.7 Å². The molecule has 0 bridgehead atoms. The van der Waals surface area contributed by atoms with Crippen molar-refractivity contribution < 1.29 is 22.4 Å². The molecule has 1 unspecified atom stereocenters. The lowest BCUT2D eigenvalue weighted by Gasteiger charge is -2.47. The van der Waals surface area contributed by atoms with Gasteiger partial charge >= 0.3 is 0 Å². The van der Waals surface area contributed by atoms with Crippen molar-refractivity contribution in [1.29, 1.82) is 0 Å². The van der Waals surface area contributed by atoms with Crippen LogP contribution in [0, 0.1) is 19.7 Å². The van der Waals surface area contributed by atoms with Crippen LogP contribution in [0.1, 0.15) is 30.5 Å². The molecular weight excluding hydrogens is 433 g/mol. The summed E-state index contributed by atoms with van der Waals surface area (Å²) in [6, 6.07) is 11.3. The predicted octanol–water partition coefficient (Wildman–Crippen LogP) is 2.52. The van der Waals surface area contributed by atoms with E-state index < -0.39 is 27.4 Å². The standard InChI is InChI=1S/C23H28FN3O4S/c1-5-32(30,31)26-14-21(28)27(20-12-16(2)6-7-17(20)3)23(4,15-26)22(29)25-13-18-8-10-19(24)11-9-18/h6-12H,5,13-15H2,1-4H3,(H,25,29). The zero-order chi connectivity index (χ0) is 23.7. The minimum Gasteiger partial charge on any atom is -0.350 e. The lowest BCUT2D eigenvalue weighted by molar-refractivity contribution is -0.133. The van der Waals surface area contributed by atoms with Crippen molar-refractivity contribution in [2.24, 2.45) is 0 Å². The number of nitrogens with one attached hydrogen (secondary N) is 1. The molecule has 1 saturated heterocycles. The van der Waals surface area contributed by atoms with Crippen LogP contribution in [0.2, 0.25) is 0 Å². The van der Waals surface area contributed by atoms with Crippen LogP contribution in [0.5, 0.6) is 0 Å². The molecule has 0 radical (unpaired) electrons.